The third kappa shape index (κ3) is 5.96. The fourth-order valence-electron chi connectivity index (χ4n) is 5.09. The lowest BCUT2D eigenvalue weighted by Crippen LogP contribution is -2.55. The zero-order valence-electron chi connectivity index (χ0n) is 21.9. The van der Waals surface area contributed by atoms with Gasteiger partial charge in [-0.3, -0.25) is 14.4 Å². The maximum Gasteiger partial charge on any atom is 0.247 e. The minimum absolute atomic E-state index is 0.00799. The van der Waals surface area contributed by atoms with E-state index in [9.17, 15) is 24.6 Å². The highest BCUT2D eigenvalue weighted by molar-refractivity contribution is 6.42. The Bertz CT molecular complexity index is 1320. The first kappa shape index (κ1) is 29.8. The van der Waals surface area contributed by atoms with Crippen molar-refractivity contribution in [2.75, 3.05) is 34.0 Å². The normalized spacial score (nSPS) is 21.0. The van der Waals surface area contributed by atoms with Crippen LogP contribution in [0.1, 0.15) is 33.8 Å². The van der Waals surface area contributed by atoms with Gasteiger partial charge in [-0.25, -0.2) is 0 Å². The fraction of sp³-hybridized carbons (Fsp3) is 0.393. The zero-order chi connectivity index (χ0) is 29.0. The van der Waals surface area contributed by atoms with E-state index >= 15 is 0 Å². The Morgan fingerprint density at radius 1 is 1.18 bits per heavy atom. The Kier molecular flexibility index (Phi) is 9.70. The van der Waals surface area contributed by atoms with Gasteiger partial charge in [0.1, 0.15) is 18.5 Å². The maximum absolute atomic E-state index is 13.5. The summed E-state index contributed by atoms with van der Waals surface area (Å²) >= 11 is 12.3. The number of rotatable bonds is 11. The Balaban J connectivity index is 1.82. The van der Waals surface area contributed by atoms with Crippen LogP contribution >= 0.6 is 23.2 Å². The number of fused-ring (bicyclic) bond motifs is 3. The molecule has 1 aliphatic heterocycles. The summed E-state index contributed by atoms with van der Waals surface area (Å²) in [6.45, 7) is -0.0980. The number of amides is 2. The van der Waals surface area contributed by atoms with Crippen molar-refractivity contribution in [3.8, 4) is 11.5 Å². The molecule has 12 heteroatoms. The Morgan fingerprint density at radius 3 is 2.60 bits per heavy atom. The number of aliphatic hydroxyl groups excluding tert-OH is 2. The van der Waals surface area contributed by atoms with Crippen molar-refractivity contribution in [1.29, 1.82) is 0 Å². The van der Waals surface area contributed by atoms with Crippen LogP contribution in [0.25, 0.3) is 0 Å². The molecule has 0 bridgehead atoms. The first-order chi connectivity index (χ1) is 19.2. The molecule has 0 aromatic heterocycles. The molecule has 4 unspecified atom stereocenters. The number of aliphatic hydroxyl groups is 2. The highest BCUT2D eigenvalue weighted by atomic mass is 35.5. The molecule has 4 rings (SSSR count). The SMILES string of the molecule is COCCC(=O)N(Cc1ccc(Cl)c(Cl)c1)C1C=C(C(=O)NCCO)C2c3cc(C=O)cc(OC)c3OC2C1O. The fourth-order valence-corrected chi connectivity index (χ4v) is 5.41. The van der Waals surface area contributed by atoms with Crippen molar-refractivity contribution in [2.24, 2.45) is 0 Å². The number of aldehydes is 1. The molecule has 0 spiro atoms. The Labute approximate surface area is 241 Å². The number of methoxy groups -OCH3 is 2. The van der Waals surface area contributed by atoms with Crippen molar-refractivity contribution in [3.05, 3.63) is 68.7 Å². The van der Waals surface area contributed by atoms with Crippen molar-refractivity contribution in [2.45, 2.75) is 37.1 Å². The van der Waals surface area contributed by atoms with Gasteiger partial charge in [0, 0.05) is 36.9 Å². The molecule has 3 N–H and O–H groups in total. The van der Waals surface area contributed by atoms with E-state index in [0.717, 1.165) is 0 Å². The summed E-state index contributed by atoms with van der Waals surface area (Å²) in [6, 6.07) is 7.07. The summed E-state index contributed by atoms with van der Waals surface area (Å²) < 4.78 is 16.7. The molecule has 2 aromatic carbocycles. The van der Waals surface area contributed by atoms with Gasteiger partial charge in [0.2, 0.25) is 11.8 Å². The topological polar surface area (TPSA) is 135 Å². The van der Waals surface area contributed by atoms with E-state index in [1.807, 2.05) is 0 Å². The van der Waals surface area contributed by atoms with Crippen LogP contribution in [-0.4, -0.2) is 85.4 Å². The first-order valence-corrected chi connectivity index (χ1v) is 13.3. The number of benzene rings is 2. The van der Waals surface area contributed by atoms with Crippen LogP contribution in [0.15, 0.2) is 42.0 Å². The largest absolute Gasteiger partial charge is 0.493 e. The van der Waals surface area contributed by atoms with Crippen LogP contribution in [0, 0.1) is 0 Å². The number of nitrogens with one attached hydrogen (secondary N) is 1. The molecule has 0 radical (unpaired) electrons. The molecule has 0 saturated carbocycles. The van der Waals surface area contributed by atoms with E-state index in [0.29, 0.717) is 38.8 Å². The van der Waals surface area contributed by atoms with Gasteiger partial charge < -0.3 is 34.6 Å². The van der Waals surface area contributed by atoms with E-state index in [4.69, 9.17) is 37.4 Å². The van der Waals surface area contributed by atoms with Gasteiger partial charge in [0.05, 0.1) is 48.7 Å². The van der Waals surface area contributed by atoms with E-state index in [1.165, 1.54) is 25.2 Å². The molecule has 0 fully saturated rings. The smallest absolute Gasteiger partial charge is 0.247 e. The summed E-state index contributed by atoms with van der Waals surface area (Å²) in [4.78, 5) is 39.9. The monoisotopic (exact) mass is 592 g/mol. The van der Waals surface area contributed by atoms with Gasteiger partial charge in [0.15, 0.2) is 11.5 Å². The highest BCUT2D eigenvalue weighted by Crippen LogP contribution is 2.51. The third-order valence-corrected chi connectivity index (χ3v) is 7.69. The summed E-state index contributed by atoms with van der Waals surface area (Å²) in [5, 5.41) is 24.3. The van der Waals surface area contributed by atoms with Gasteiger partial charge in [-0.05, 0) is 35.9 Å². The number of hydrogen-bond donors (Lipinski definition) is 3. The van der Waals surface area contributed by atoms with Crippen LogP contribution in [0.4, 0.5) is 0 Å². The minimum Gasteiger partial charge on any atom is -0.493 e. The predicted octanol–water partition coefficient (Wildman–Crippen LogP) is 2.50. The number of halogens is 2. The van der Waals surface area contributed by atoms with Crippen LogP contribution in [-0.2, 0) is 20.9 Å². The molecule has 2 amide bonds. The van der Waals surface area contributed by atoms with Gasteiger partial charge in [-0.2, -0.15) is 0 Å². The van der Waals surface area contributed by atoms with Crippen molar-refractivity contribution >= 4 is 41.3 Å². The molecule has 40 heavy (non-hydrogen) atoms. The lowest BCUT2D eigenvalue weighted by Gasteiger charge is -2.40. The van der Waals surface area contributed by atoms with Crippen molar-refractivity contribution in [3.63, 3.8) is 0 Å². The van der Waals surface area contributed by atoms with Crippen LogP contribution in [0.2, 0.25) is 10.0 Å². The van der Waals surface area contributed by atoms with Gasteiger partial charge in [0.25, 0.3) is 0 Å². The zero-order valence-corrected chi connectivity index (χ0v) is 23.4. The number of nitrogens with zero attached hydrogens (tertiary/aromatic N) is 1. The highest BCUT2D eigenvalue weighted by Gasteiger charge is 2.51. The predicted molar refractivity (Wildman–Crippen MR) is 147 cm³/mol. The molecular weight excluding hydrogens is 563 g/mol. The molecule has 4 atom stereocenters. The summed E-state index contributed by atoms with van der Waals surface area (Å²) in [7, 11) is 2.90. The average molecular weight is 593 g/mol. The number of carbonyl (C=O) groups excluding carboxylic acids is 3. The van der Waals surface area contributed by atoms with Gasteiger partial charge >= 0.3 is 0 Å². The van der Waals surface area contributed by atoms with E-state index in [-0.39, 0.29) is 50.0 Å². The van der Waals surface area contributed by atoms with Gasteiger partial charge in [-0.1, -0.05) is 29.3 Å². The minimum atomic E-state index is -1.27. The van der Waals surface area contributed by atoms with Crippen molar-refractivity contribution < 1.29 is 38.8 Å². The first-order valence-electron chi connectivity index (χ1n) is 12.6. The van der Waals surface area contributed by atoms with Crippen LogP contribution < -0.4 is 14.8 Å². The standard InChI is InChI=1S/C28H30Cl2N2O8/c1-38-8-5-23(35)32(13-15-3-4-19(29)20(30)10-15)21-12-18(28(37)31-6-7-33)24-17-9-16(14-34)11-22(39-2)26(17)40-27(24)25(21)36/h3-4,9-12,14,21,24-25,27,33,36H,5-8,13H2,1-2H3,(H,31,37). The Morgan fingerprint density at radius 2 is 1.95 bits per heavy atom. The summed E-state index contributed by atoms with van der Waals surface area (Å²) in [5.41, 5.74) is 1.68. The second-order valence-electron chi connectivity index (χ2n) is 9.42. The molecule has 10 nitrogen and oxygen atoms in total. The third-order valence-electron chi connectivity index (χ3n) is 6.95. The van der Waals surface area contributed by atoms with Gasteiger partial charge in [-0.15, -0.1) is 0 Å². The average Bonchev–Trinajstić information content (AvgIpc) is 3.35. The van der Waals surface area contributed by atoms with Crippen LogP contribution in [0.3, 0.4) is 0 Å². The molecule has 214 valence electrons. The Hall–Kier alpha value is -3.15. The number of hydrogen-bond acceptors (Lipinski definition) is 8. The number of ether oxygens (including phenoxy) is 3. The number of carbonyl (C=O) groups is 3. The van der Waals surface area contributed by atoms with E-state index in [2.05, 4.69) is 5.32 Å². The molecule has 1 aliphatic carbocycles. The van der Waals surface area contributed by atoms with E-state index < -0.39 is 30.1 Å². The lowest BCUT2D eigenvalue weighted by atomic mass is 9.77. The lowest BCUT2D eigenvalue weighted by molar-refractivity contribution is -0.139. The second-order valence-corrected chi connectivity index (χ2v) is 10.2. The molecular formula is C28H30Cl2N2O8. The quantitative estimate of drug-likeness (QED) is 0.339. The maximum atomic E-state index is 13.5. The second kappa shape index (κ2) is 13.0. The van der Waals surface area contributed by atoms with Crippen molar-refractivity contribution in [1.82, 2.24) is 10.2 Å². The summed E-state index contributed by atoms with van der Waals surface area (Å²) in [6.07, 6.45) is -0.0418. The molecule has 0 saturated heterocycles. The molecule has 2 aliphatic rings. The van der Waals surface area contributed by atoms with Crippen LogP contribution in [0.5, 0.6) is 11.5 Å². The van der Waals surface area contributed by atoms with E-state index in [1.54, 1.807) is 30.3 Å². The molecule has 2 aromatic rings. The summed E-state index contributed by atoms with van der Waals surface area (Å²) in [5.74, 6) is -1.04. The molecule has 1 heterocycles.